The van der Waals surface area contributed by atoms with Crippen LogP contribution in [0.1, 0.15) is 25.3 Å². The normalized spacial score (nSPS) is 16.6. The maximum absolute atomic E-state index is 5.81. The van der Waals surface area contributed by atoms with Crippen LogP contribution in [-0.4, -0.2) is 37.3 Å². The molecule has 0 radical (unpaired) electrons. The molecule has 116 valence electrons. The maximum Gasteiger partial charge on any atom is 0.213 e. The van der Waals surface area contributed by atoms with Crippen molar-refractivity contribution < 1.29 is 9.47 Å². The molecule has 1 unspecified atom stereocenters. The number of pyridine rings is 1. The van der Waals surface area contributed by atoms with Crippen molar-refractivity contribution in [3.8, 4) is 5.88 Å². The van der Waals surface area contributed by atoms with Gasteiger partial charge in [-0.05, 0) is 31.2 Å². The number of aliphatic imine (C=N–C) groups is 1. The Morgan fingerprint density at radius 3 is 2.95 bits per heavy atom. The van der Waals surface area contributed by atoms with Gasteiger partial charge in [-0.1, -0.05) is 6.07 Å². The molecule has 2 rings (SSSR count). The van der Waals surface area contributed by atoms with Crippen LogP contribution in [0.3, 0.4) is 0 Å². The summed E-state index contributed by atoms with van der Waals surface area (Å²) in [5, 5.41) is 3.06. The zero-order chi connectivity index (χ0) is 15.1. The molecule has 1 aliphatic rings. The van der Waals surface area contributed by atoms with E-state index in [4.69, 9.17) is 15.2 Å². The van der Waals surface area contributed by atoms with Gasteiger partial charge in [-0.15, -0.1) is 0 Å². The molecule has 1 aromatic rings. The number of guanidine groups is 1. The monoisotopic (exact) mass is 292 g/mol. The van der Waals surface area contributed by atoms with Gasteiger partial charge in [0.15, 0.2) is 5.96 Å². The van der Waals surface area contributed by atoms with Gasteiger partial charge in [0, 0.05) is 25.4 Å². The topological polar surface area (TPSA) is 81.8 Å². The largest absolute Gasteiger partial charge is 0.477 e. The van der Waals surface area contributed by atoms with Gasteiger partial charge in [0.25, 0.3) is 0 Å². The second-order valence-corrected chi connectivity index (χ2v) is 5.46. The van der Waals surface area contributed by atoms with Crippen molar-refractivity contribution in [2.24, 2.45) is 16.6 Å². The number of hydrogen-bond donors (Lipinski definition) is 2. The number of hydrogen-bond acceptors (Lipinski definition) is 4. The average Bonchev–Trinajstić information content (AvgIpc) is 3.28. The van der Waals surface area contributed by atoms with E-state index in [2.05, 4.69) is 15.3 Å². The summed E-state index contributed by atoms with van der Waals surface area (Å²) >= 11 is 0. The first-order valence-corrected chi connectivity index (χ1v) is 7.30. The predicted molar refractivity (Wildman–Crippen MR) is 82.3 cm³/mol. The molecule has 0 spiro atoms. The minimum atomic E-state index is 0.134. The van der Waals surface area contributed by atoms with Crippen molar-refractivity contribution in [2.75, 3.05) is 20.3 Å². The average molecular weight is 292 g/mol. The summed E-state index contributed by atoms with van der Waals surface area (Å²) in [5.74, 6) is 1.82. The Labute approximate surface area is 125 Å². The first kappa shape index (κ1) is 15.6. The summed E-state index contributed by atoms with van der Waals surface area (Å²) in [5.41, 5.74) is 6.81. The summed E-state index contributed by atoms with van der Waals surface area (Å²) in [7, 11) is 1.66. The first-order valence-electron chi connectivity index (χ1n) is 7.30. The highest BCUT2D eigenvalue weighted by Crippen LogP contribution is 2.29. The van der Waals surface area contributed by atoms with E-state index in [-0.39, 0.29) is 6.04 Å². The van der Waals surface area contributed by atoms with E-state index in [1.54, 1.807) is 13.3 Å². The molecule has 6 nitrogen and oxygen atoms in total. The quantitative estimate of drug-likeness (QED) is 0.557. The Morgan fingerprint density at radius 2 is 2.33 bits per heavy atom. The highest BCUT2D eigenvalue weighted by atomic mass is 16.5. The summed E-state index contributed by atoms with van der Waals surface area (Å²) in [6.45, 7) is 3.84. The summed E-state index contributed by atoms with van der Waals surface area (Å²) in [6, 6.07) is 3.98. The molecule has 1 atom stereocenters. The van der Waals surface area contributed by atoms with Gasteiger partial charge >= 0.3 is 0 Å². The van der Waals surface area contributed by atoms with Gasteiger partial charge in [-0.2, -0.15) is 0 Å². The molecule has 0 aromatic carbocycles. The third-order valence-electron chi connectivity index (χ3n) is 3.20. The molecular formula is C15H24N4O2. The zero-order valence-electron chi connectivity index (χ0n) is 12.7. The fourth-order valence-electron chi connectivity index (χ4n) is 1.84. The van der Waals surface area contributed by atoms with E-state index < -0.39 is 0 Å². The lowest BCUT2D eigenvalue weighted by Gasteiger charge is -2.13. The van der Waals surface area contributed by atoms with Crippen molar-refractivity contribution in [3.63, 3.8) is 0 Å². The highest BCUT2D eigenvalue weighted by Gasteiger charge is 2.21. The van der Waals surface area contributed by atoms with Crippen LogP contribution >= 0.6 is 0 Å². The Kier molecular flexibility index (Phi) is 5.80. The molecule has 3 N–H and O–H groups in total. The smallest absolute Gasteiger partial charge is 0.213 e. The van der Waals surface area contributed by atoms with Crippen LogP contribution in [0, 0.1) is 5.92 Å². The first-order chi connectivity index (χ1) is 10.2. The SMILES string of the molecule is COCC(C)NC(N)=NCc1ccc(OCC2CC2)nc1. The molecule has 6 heteroatoms. The second kappa shape index (κ2) is 7.83. The van der Waals surface area contributed by atoms with E-state index in [0.29, 0.717) is 25.0 Å². The fourth-order valence-corrected chi connectivity index (χ4v) is 1.84. The van der Waals surface area contributed by atoms with E-state index in [1.807, 2.05) is 19.1 Å². The van der Waals surface area contributed by atoms with Crippen LogP contribution < -0.4 is 15.8 Å². The van der Waals surface area contributed by atoms with Gasteiger partial charge < -0.3 is 20.5 Å². The van der Waals surface area contributed by atoms with E-state index >= 15 is 0 Å². The van der Waals surface area contributed by atoms with Crippen molar-refractivity contribution >= 4 is 5.96 Å². The number of aromatic nitrogens is 1. The third-order valence-corrected chi connectivity index (χ3v) is 3.20. The number of nitrogens with two attached hydrogens (primary N) is 1. The van der Waals surface area contributed by atoms with E-state index in [0.717, 1.165) is 18.1 Å². The summed E-state index contributed by atoms with van der Waals surface area (Å²) in [6.07, 6.45) is 4.33. The lowest BCUT2D eigenvalue weighted by atomic mass is 10.3. The number of nitrogens with zero attached hydrogens (tertiary/aromatic N) is 2. The lowest BCUT2D eigenvalue weighted by Crippen LogP contribution is -2.40. The molecule has 0 bridgehead atoms. The fraction of sp³-hybridized carbons (Fsp3) is 0.600. The molecular weight excluding hydrogens is 268 g/mol. The molecule has 1 aromatic heterocycles. The van der Waals surface area contributed by atoms with Crippen LogP contribution in [0.4, 0.5) is 0 Å². The Hall–Kier alpha value is -1.82. The predicted octanol–water partition coefficient (Wildman–Crippen LogP) is 1.31. The Morgan fingerprint density at radius 1 is 1.52 bits per heavy atom. The minimum absolute atomic E-state index is 0.134. The van der Waals surface area contributed by atoms with Crippen LogP contribution in [0.2, 0.25) is 0 Å². The lowest BCUT2D eigenvalue weighted by molar-refractivity contribution is 0.179. The zero-order valence-corrected chi connectivity index (χ0v) is 12.7. The standard InChI is InChI=1S/C15H24N4O2/c1-11(9-20-2)19-15(16)18-8-13-5-6-14(17-7-13)21-10-12-3-4-12/h5-7,11-12H,3-4,8-10H2,1-2H3,(H3,16,18,19). The Bertz CT molecular complexity index is 457. The summed E-state index contributed by atoms with van der Waals surface area (Å²) in [4.78, 5) is 8.55. The van der Waals surface area contributed by atoms with Crippen molar-refractivity contribution in [3.05, 3.63) is 23.9 Å². The second-order valence-electron chi connectivity index (χ2n) is 5.46. The molecule has 1 fully saturated rings. The van der Waals surface area contributed by atoms with Gasteiger partial charge in [-0.25, -0.2) is 9.98 Å². The van der Waals surface area contributed by atoms with Crippen molar-refractivity contribution in [1.82, 2.24) is 10.3 Å². The van der Waals surface area contributed by atoms with Crippen LogP contribution in [0.25, 0.3) is 0 Å². The third kappa shape index (κ3) is 5.99. The number of nitrogens with one attached hydrogen (secondary N) is 1. The van der Waals surface area contributed by atoms with Gasteiger partial charge in [-0.3, -0.25) is 0 Å². The van der Waals surface area contributed by atoms with Crippen LogP contribution in [0.15, 0.2) is 23.3 Å². The van der Waals surface area contributed by atoms with E-state index in [1.165, 1.54) is 12.8 Å². The maximum atomic E-state index is 5.81. The van der Waals surface area contributed by atoms with Gasteiger partial charge in [0.1, 0.15) is 0 Å². The molecule has 0 amide bonds. The molecule has 1 saturated carbocycles. The minimum Gasteiger partial charge on any atom is -0.477 e. The van der Waals surface area contributed by atoms with Gasteiger partial charge in [0.05, 0.1) is 19.8 Å². The number of rotatable bonds is 8. The van der Waals surface area contributed by atoms with Crippen molar-refractivity contribution in [2.45, 2.75) is 32.4 Å². The van der Waals surface area contributed by atoms with Crippen LogP contribution in [0.5, 0.6) is 5.88 Å². The van der Waals surface area contributed by atoms with E-state index in [9.17, 15) is 0 Å². The van der Waals surface area contributed by atoms with Crippen LogP contribution in [-0.2, 0) is 11.3 Å². The number of ether oxygens (including phenoxy) is 2. The van der Waals surface area contributed by atoms with Gasteiger partial charge in [0.2, 0.25) is 5.88 Å². The summed E-state index contributed by atoms with van der Waals surface area (Å²) < 4.78 is 10.6. The Balaban J connectivity index is 1.76. The molecule has 21 heavy (non-hydrogen) atoms. The van der Waals surface area contributed by atoms with Crippen molar-refractivity contribution in [1.29, 1.82) is 0 Å². The molecule has 0 aliphatic heterocycles. The molecule has 0 saturated heterocycles. The molecule has 1 aliphatic carbocycles. The highest BCUT2D eigenvalue weighted by molar-refractivity contribution is 5.78. The number of methoxy groups -OCH3 is 1. The molecule has 1 heterocycles.